The lowest BCUT2D eigenvalue weighted by molar-refractivity contribution is 0.432. The van der Waals surface area contributed by atoms with Crippen LogP contribution in [-0.2, 0) is 9.84 Å². The summed E-state index contributed by atoms with van der Waals surface area (Å²) in [5, 5.41) is 0. The minimum atomic E-state index is -3.00. The molecule has 0 radical (unpaired) electrons. The molecule has 0 fully saturated rings. The Balaban J connectivity index is 3.87. The van der Waals surface area contributed by atoms with Crippen LogP contribution in [0.5, 0.6) is 0 Å². The van der Waals surface area contributed by atoms with E-state index in [2.05, 4.69) is 5.92 Å². The summed E-state index contributed by atoms with van der Waals surface area (Å²) in [5.74, 6) is 2.12. The van der Waals surface area contributed by atoms with Gasteiger partial charge in [0, 0.05) is 6.54 Å². The summed E-state index contributed by atoms with van der Waals surface area (Å²) in [4.78, 5) is 1.81. The molecule has 3 nitrogen and oxygen atoms in total. The van der Waals surface area contributed by atoms with Crippen molar-refractivity contribution in [2.24, 2.45) is 0 Å². The number of nitrogens with zero attached hydrogens (tertiary/aromatic N) is 1. The minimum Gasteiger partial charge on any atom is -0.308 e. The van der Waals surface area contributed by atoms with Gasteiger partial charge in [-0.25, -0.2) is 8.42 Å². The van der Waals surface area contributed by atoms with E-state index in [9.17, 15) is 8.42 Å². The minimum absolute atomic E-state index is 0.143. The van der Waals surface area contributed by atoms with Gasteiger partial charge in [0.1, 0.15) is 5.75 Å². The summed E-state index contributed by atoms with van der Waals surface area (Å²) in [6.45, 7) is 0.532. The van der Waals surface area contributed by atoms with Crippen molar-refractivity contribution >= 4 is 9.84 Å². The van der Waals surface area contributed by atoms with Crippen molar-refractivity contribution in [2.75, 3.05) is 32.1 Å². The molecule has 11 heavy (non-hydrogen) atoms. The highest BCUT2D eigenvalue weighted by molar-refractivity contribution is 7.91. The van der Waals surface area contributed by atoms with E-state index < -0.39 is 9.84 Å². The van der Waals surface area contributed by atoms with E-state index >= 15 is 0 Å². The highest BCUT2D eigenvalue weighted by atomic mass is 32.2. The SMILES string of the molecule is C#CCS(=O)(=O)CCN(C)C. The van der Waals surface area contributed by atoms with Crippen molar-refractivity contribution in [3.63, 3.8) is 0 Å². The fourth-order valence-electron chi connectivity index (χ4n) is 0.521. The number of hydrogen-bond acceptors (Lipinski definition) is 3. The first-order chi connectivity index (χ1) is 4.98. The zero-order valence-corrected chi connectivity index (χ0v) is 7.69. The van der Waals surface area contributed by atoms with Crippen molar-refractivity contribution in [1.82, 2.24) is 4.90 Å². The summed E-state index contributed by atoms with van der Waals surface area (Å²) in [6, 6.07) is 0. The molecule has 0 aromatic heterocycles. The zero-order valence-electron chi connectivity index (χ0n) is 6.87. The fraction of sp³-hybridized carbons (Fsp3) is 0.714. The topological polar surface area (TPSA) is 37.4 Å². The summed E-state index contributed by atoms with van der Waals surface area (Å²) in [7, 11) is 0.645. The van der Waals surface area contributed by atoms with Gasteiger partial charge in [-0.15, -0.1) is 6.42 Å². The Hall–Kier alpha value is -0.530. The lowest BCUT2D eigenvalue weighted by Crippen LogP contribution is -2.23. The molecular formula is C7H13NO2S. The normalized spacial score (nSPS) is 11.5. The maximum Gasteiger partial charge on any atom is 0.162 e. The van der Waals surface area contributed by atoms with Gasteiger partial charge in [-0.1, -0.05) is 5.92 Å². The second kappa shape index (κ2) is 4.37. The fourth-order valence-corrected chi connectivity index (χ4v) is 1.56. The summed E-state index contributed by atoms with van der Waals surface area (Å²) in [5.41, 5.74) is 0. The zero-order chi connectivity index (χ0) is 8.91. The molecular weight excluding hydrogens is 162 g/mol. The molecule has 0 amide bonds. The van der Waals surface area contributed by atoms with Gasteiger partial charge < -0.3 is 4.90 Å². The molecule has 0 saturated heterocycles. The van der Waals surface area contributed by atoms with E-state index in [4.69, 9.17) is 6.42 Å². The van der Waals surface area contributed by atoms with Crippen LogP contribution in [-0.4, -0.2) is 45.5 Å². The Bertz CT molecular complexity index is 236. The summed E-state index contributed by atoms with van der Waals surface area (Å²) >= 11 is 0. The van der Waals surface area contributed by atoms with Gasteiger partial charge in [0.2, 0.25) is 0 Å². The molecule has 0 bridgehead atoms. The average molecular weight is 175 g/mol. The maximum absolute atomic E-state index is 11.0. The second-order valence-corrected chi connectivity index (χ2v) is 4.78. The number of hydrogen-bond donors (Lipinski definition) is 0. The molecule has 0 heterocycles. The molecule has 4 heteroatoms. The molecule has 0 aliphatic rings. The Morgan fingerprint density at radius 2 is 2.00 bits per heavy atom. The molecule has 0 aromatic carbocycles. The van der Waals surface area contributed by atoms with Gasteiger partial charge in [-0.3, -0.25) is 0 Å². The van der Waals surface area contributed by atoms with Crippen molar-refractivity contribution in [1.29, 1.82) is 0 Å². The van der Waals surface area contributed by atoms with Crippen LogP contribution in [0.25, 0.3) is 0 Å². The molecule has 0 unspecified atom stereocenters. The predicted octanol–water partition coefficient (Wildman–Crippen LogP) is -0.404. The van der Waals surface area contributed by atoms with Gasteiger partial charge in [0.05, 0.1) is 5.75 Å². The number of sulfone groups is 1. The van der Waals surface area contributed by atoms with Crippen LogP contribution in [0.4, 0.5) is 0 Å². The van der Waals surface area contributed by atoms with Crippen molar-refractivity contribution in [2.45, 2.75) is 0 Å². The molecule has 0 atom stereocenters. The first-order valence-electron chi connectivity index (χ1n) is 3.26. The second-order valence-electron chi connectivity index (χ2n) is 2.60. The van der Waals surface area contributed by atoms with Crippen LogP contribution in [0.3, 0.4) is 0 Å². The van der Waals surface area contributed by atoms with Crippen molar-refractivity contribution < 1.29 is 8.42 Å². The van der Waals surface area contributed by atoms with Gasteiger partial charge >= 0.3 is 0 Å². The lowest BCUT2D eigenvalue weighted by Gasteiger charge is -2.07. The Morgan fingerprint density at radius 1 is 1.45 bits per heavy atom. The third-order valence-corrected chi connectivity index (χ3v) is 2.56. The first-order valence-corrected chi connectivity index (χ1v) is 5.08. The Morgan fingerprint density at radius 3 is 2.36 bits per heavy atom. The first kappa shape index (κ1) is 10.5. The molecule has 0 spiro atoms. The van der Waals surface area contributed by atoms with E-state index in [1.807, 2.05) is 19.0 Å². The van der Waals surface area contributed by atoms with Gasteiger partial charge in [-0.05, 0) is 14.1 Å². The number of rotatable bonds is 4. The van der Waals surface area contributed by atoms with Gasteiger partial charge in [-0.2, -0.15) is 0 Å². The Kier molecular flexibility index (Phi) is 4.16. The Labute approximate surface area is 68.3 Å². The van der Waals surface area contributed by atoms with Gasteiger partial charge in [0.15, 0.2) is 9.84 Å². The third-order valence-electron chi connectivity index (χ3n) is 1.15. The van der Waals surface area contributed by atoms with Crippen LogP contribution < -0.4 is 0 Å². The smallest absolute Gasteiger partial charge is 0.162 e. The monoisotopic (exact) mass is 175 g/mol. The van der Waals surface area contributed by atoms with Crippen LogP contribution in [0.15, 0.2) is 0 Å². The largest absolute Gasteiger partial charge is 0.308 e. The quantitative estimate of drug-likeness (QED) is 0.545. The van der Waals surface area contributed by atoms with E-state index in [-0.39, 0.29) is 11.5 Å². The molecule has 0 aliphatic carbocycles. The standard InChI is InChI=1S/C7H13NO2S/c1-4-6-11(9,10)7-5-8(2)3/h1H,5-7H2,2-3H3. The lowest BCUT2D eigenvalue weighted by atomic mass is 10.7. The predicted molar refractivity (Wildman–Crippen MR) is 46.0 cm³/mol. The van der Waals surface area contributed by atoms with E-state index in [1.54, 1.807) is 0 Å². The highest BCUT2D eigenvalue weighted by Gasteiger charge is 2.08. The van der Waals surface area contributed by atoms with Crippen molar-refractivity contribution in [3.8, 4) is 12.3 Å². The molecule has 0 N–H and O–H groups in total. The van der Waals surface area contributed by atoms with E-state index in [0.29, 0.717) is 6.54 Å². The van der Waals surface area contributed by atoms with Crippen LogP contribution in [0.1, 0.15) is 0 Å². The number of terminal acetylenes is 1. The summed E-state index contributed by atoms with van der Waals surface area (Å²) < 4.78 is 21.9. The third kappa shape index (κ3) is 5.89. The van der Waals surface area contributed by atoms with Crippen molar-refractivity contribution in [3.05, 3.63) is 0 Å². The molecule has 0 saturated carbocycles. The molecule has 0 aliphatic heterocycles. The van der Waals surface area contributed by atoms with Crippen LogP contribution in [0, 0.1) is 12.3 Å². The average Bonchev–Trinajstić information content (AvgIpc) is 1.84. The highest BCUT2D eigenvalue weighted by Crippen LogP contribution is 1.89. The molecule has 0 rings (SSSR count). The van der Waals surface area contributed by atoms with Gasteiger partial charge in [0.25, 0.3) is 0 Å². The molecule has 0 aromatic rings. The maximum atomic E-state index is 11.0. The van der Waals surface area contributed by atoms with E-state index in [1.165, 1.54) is 0 Å². The van der Waals surface area contributed by atoms with Crippen LogP contribution >= 0.6 is 0 Å². The summed E-state index contributed by atoms with van der Waals surface area (Å²) in [6.07, 6.45) is 4.88. The van der Waals surface area contributed by atoms with Crippen LogP contribution in [0.2, 0.25) is 0 Å². The molecule has 64 valence electrons. The van der Waals surface area contributed by atoms with E-state index in [0.717, 1.165) is 0 Å².